The predicted molar refractivity (Wildman–Crippen MR) is 81.7 cm³/mol. The van der Waals surface area contributed by atoms with Crippen LogP contribution in [0.25, 0.3) is 0 Å². The van der Waals surface area contributed by atoms with E-state index in [0.29, 0.717) is 10.9 Å². The molecule has 1 aromatic carbocycles. The minimum absolute atomic E-state index is 0.0446. The third-order valence-corrected chi connectivity index (χ3v) is 4.21. The Morgan fingerprint density at radius 3 is 2.60 bits per heavy atom. The average molecular weight is 309 g/mol. The molecular weight excluding hydrogens is 294 g/mol. The van der Waals surface area contributed by atoms with Gasteiger partial charge in [0.25, 0.3) is 5.91 Å². The summed E-state index contributed by atoms with van der Waals surface area (Å²) < 4.78 is 6.29. The first-order chi connectivity index (χ1) is 9.56. The Balaban J connectivity index is 1.88. The number of hydrogen-bond acceptors (Lipinski definition) is 6. The van der Waals surface area contributed by atoms with Crippen LogP contribution < -0.4 is 10.1 Å². The number of thioether (sulfide) groups is 1. The highest BCUT2D eigenvalue weighted by Gasteiger charge is 2.08. The van der Waals surface area contributed by atoms with E-state index in [1.54, 1.807) is 0 Å². The van der Waals surface area contributed by atoms with Gasteiger partial charge in [0.1, 0.15) is 5.75 Å². The highest BCUT2D eigenvalue weighted by atomic mass is 32.2. The van der Waals surface area contributed by atoms with Crippen molar-refractivity contribution in [1.29, 1.82) is 0 Å². The number of nitrogens with zero attached hydrogens (tertiary/aromatic N) is 2. The van der Waals surface area contributed by atoms with Crippen LogP contribution in [0.5, 0.6) is 5.75 Å². The molecule has 0 saturated carbocycles. The number of nitrogens with one attached hydrogen (secondary N) is 1. The minimum Gasteiger partial charge on any atom is -0.484 e. The number of hydrogen-bond donors (Lipinski definition) is 1. The van der Waals surface area contributed by atoms with Gasteiger partial charge in [-0.25, -0.2) is 0 Å². The van der Waals surface area contributed by atoms with Gasteiger partial charge >= 0.3 is 0 Å². The largest absolute Gasteiger partial charge is 0.484 e. The molecule has 1 heterocycles. The van der Waals surface area contributed by atoms with Gasteiger partial charge in [-0.15, -0.1) is 10.2 Å². The molecule has 2 rings (SSSR count). The van der Waals surface area contributed by atoms with E-state index in [1.165, 1.54) is 23.1 Å². The van der Waals surface area contributed by atoms with Crippen molar-refractivity contribution in [3.8, 4) is 5.75 Å². The number of aryl methyl sites for hydroxylation is 2. The molecule has 20 heavy (non-hydrogen) atoms. The normalized spacial score (nSPS) is 10.3. The van der Waals surface area contributed by atoms with E-state index < -0.39 is 0 Å². The van der Waals surface area contributed by atoms with Crippen LogP contribution in [0.15, 0.2) is 22.5 Å². The lowest BCUT2D eigenvalue weighted by Gasteiger charge is -2.07. The zero-order chi connectivity index (χ0) is 14.5. The Morgan fingerprint density at radius 1 is 1.30 bits per heavy atom. The van der Waals surface area contributed by atoms with Crippen molar-refractivity contribution in [2.75, 3.05) is 18.2 Å². The Bertz CT molecular complexity index is 593. The van der Waals surface area contributed by atoms with Crippen molar-refractivity contribution in [2.24, 2.45) is 0 Å². The lowest BCUT2D eigenvalue weighted by molar-refractivity contribution is -0.118. The third-order valence-electron chi connectivity index (χ3n) is 2.39. The quantitative estimate of drug-likeness (QED) is 0.679. The first kappa shape index (κ1) is 14.8. The molecule has 0 saturated heterocycles. The van der Waals surface area contributed by atoms with Crippen molar-refractivity contribution in [3.63, 3.8) is 0 Å². The predicted octanol–water partition coefficient (Wildman–Crippen LogP) is 2.89. The van der Waals surface area contributed by atoms with Crippen LogP contribution in [0.1, 0.15) is 11.1 Å². The van der Waals surface area contributed by atoms with E-state index in [-0.39, 0.29) is 12.5 Å². The van der Waals surface area contributed by atoms with Crippen molar-refractivity contribution < 1.29 is 9.53 Å². The number of benzene rings is 1. The Kier molecular flexibility index (Phi) is 4.97. The first-order valence-electron chi connectivity index (χ1n) is 5.95. The molecule has 0 aliphatic rings. The zero-order valence-corrected chi connectivity index (χ0v) is 13.1. The summed E-state index contributed by atoms with van der Waals surface area (Å²) in [6.07, 6.45) is 1.91. The van der Waals surface area contributed by atoms with Gasteiger partial charge in [-0.05, 0) is 43.4 Å². The van der Waals surface area contributed by atoms with Gasteiger partial charge < -0.3 is 4.74 Å². The summed E-state index contributed by atoms with van der Waals surface area (Å²) in [5, 5.41) is 10.9. The van der Waals surface area contributed by atoms with E-state index in [2.05, 4.69) is 21.6 Å². The van der Waals surface area contributed by atoms with E-state index >= 15 is 0 Å². The van der Waals surface area contributed by atoms with Gasteiger partial charge in [-0.3, -0.25) is 10.1 Å². The minimum atomic E-state index is -0.243. The first-order valence-corrected chi connectivity index (χ1v) is 7.99. The van der Waals surface area contributed by atoms with Crippen molar-refractivity contribution >= 4 is 34.1 Å². The second kappa shape index (κ2) is 6.71. The molecule has 0 radical (unpaired) electrons. The summed E-state index contributed by atoms with van der Waals surface area (Å²) in [4.78, 5) is 11.7. The molecule has 0 fully saturated rings. The molecule has 7 heteroatoms. The van der Waals surface area contributed by atoms with E-state index in [1.807, 2.05) is 32.2 Å². The van der Waals surface area contributed by atoms with Gasteiger partial charge in [-0.1, -0.05) is 29.2 Å². The molecule has 0 atom stereocenters. The van der Waals surface area contributed by atoms with Crippen LogP contribution in [0.2, 0.25) is 0 Å². The maximum Gasteiger partial charge on any atom is 0.264 e. The molecule has 2 aromatic rings. The van der Waals surface area contributed by atoms with E-state index in [9.17, 15) is 4.79 Å². The van der Waals surface area contributed by atoms with Crippen LogP contribution in [0.4, 0.5) is 5.13 Å². The second-order valence-electron chi connectivity index (χ2n) is 4.24. The van der Waals surface area contributed by atoms with Crippen LogP contribution in [-0.2, 0) is 4.79 Å². The molecule has 1 aromatic heterocycles. The maximum atomic E-state index is 11.7. The Labute approximate surface area is 125 Å². The summed E-state index contributed by atoms with van der Waals surface area (Å²) >= 11 is 2.83. The van der Waals surface area contributed by atoms with Crippen molar-refractivity contribution in [1.82, 2.24) is 10.2 Å². The second-order valence-corrected chi connectivity index (χ2v) is 6.27. The van der Waals surface area contributed by atoms with Crippen molar-refractivity contribution in [3.05, 3.63) is 29.3 Å². The van der Waals surface area contributed by atoms with Crippen LogP contribution in [0.3, 0.4) is 0 Å². The molecule has 0 unspecified atom stereocenters. The highest BCUT2D eigenvalue weighted by Crippen LogP contribution is 2.23. The number of rotatable bonds is 5. The van der Waals surface area contributed by atoms with Crippen LogP contribution in [-0.4, -0.2) is 29.0 Å². The third kappa shape index (κ3) is 4.21. The average Bonchev–Trinajstić information content (AvgIpc) is 2.83. The lowest BCUT2D eigenvalue weighted by atomic mass is 10.1. The fraction of sp³-hybridized carbons (Fsp3) is 0.308. The molecule has 0 aliphatic carbocycles. The van der Waals surface area contributed by atoms with E-state index in [0.717, 1.165) is 15.5 Å². The van der Waals surface area contributed by atoms with Crippen LogP contribution in [0, 0.1) is 13.8 Å². The van der Waals surface area contributed by atoms with Gasteiger partial charge in [0.2, 0.25) is 5.13 Å². The maximum absolute atomic E-state index is 11.7. The molecular formula is C13H15N3O2S2. The monoisotopic (exact) mass is 309 g/mol. The Hall–Kier alpha value is -1.60. The highest BCUT2D eigenvalue weighted by molar-refractivity contribution is 8.00. The number of aromatic nitrogens is 2. The zero-order valence-electron chi connectivity index (χ0n) is 11.5. The molecule has 1 amide bonds. The Morgan fingerprint density at radius 2 is 2.00 bits per heavy atom. The van der Waals surface area contributed by atoms with Gasteiger partial charge in [0, 0.05) is 0 Å². The summed E-state index contributed by atoms with van der Waals surface area (Å²) in [6.45, 7) is 3.94. The topological polar surface area (TPSA) is 64.1 Å². The number of anilines is 1. The van der Waals surface area contributed by atoms with Gasteiger partial charge in [0.15, 0.2) is 10.9 Å². The molecule has 0 aliphatic heterocycles. The summed E-state index contributed by atoms with van der Waals surface area (Å²) in [5.74, 6) is 0.452. The number of amides is 1. The SMILES string of the molecule is CSc1nnc(NC(=O)COc2cc(C)cc(C)c2)s1. The summed E-state index contributed by atoms with van der Waals surface area (Å²) in [6, 6.07) is 5.85. The molecule has 1 N–H and O–H groups in total. The van der Waals surface area contributed by atoms with Gasteiger partial charge in [0.05, 0.1) is 0 Å². The number of carbonyl (C=O) groups excluding carboxylic acids is 1. The van der Waals surface area contributed by atoms with Crippen LogP contribution >= 0.6 is 23.1 Å². The molecule has 5 nitrogen and oxygen atoms in total. The number of ether oxygens (including phenoxy) is 1. The summed E-state index contributed by atoms with van der Waals surface area (Å²) in [5.41, 5.74) is 2.21. The standard InChI is InChI=1S/C13H15N3O2S2/c1-8-4-9(2)6-10(5-8)18-7-11(17)14-12-15-16-13(19-3)20-12/h4-6H,7H2,1-3H3,(H,14,15,17). The molecule has 0 spiro atoms. The molecule has 106 valence electrons. The number of carbonyl (C=O) groups is 1. The lowest BCUT2D eigenvalue weighted by Crippen LogP contribution is -2.20. The fourth-order valence-corrected chi connectivity index (χ4v) is 2.85. The van der Waals surface area contributed by atoms with Crippen molar-refractivity contribution in [2.45, 2.75) is 18.2 Å². The van der Waals surface area contributed by atoms with Gasteiger partial charge in [-0.2, -0.15) is 0 Å². The van der Waals surface area contributed by atoms with E-state index in [4.69, 9.17) is 4.74 Å². The smallest absolute Gasteiger partial charge is 0.264 e. The molecule has 0 bridgehead atoms. The fourth-order valence-electron chi connectivity index (χ4n) is 1.66. The summed E-state index contributed by atoms with van der Waals surface area (Å²) in [7, 11) is 0.